The Kier molecular flexibility index (Phi) is 7.94. The number of carbonyl (C=O) groups is 4. The minimum Gasteiger partial charge on any atom is -0.481 e. The summed E-state index contributed by atoms with van der Waals surface area (Å²) in [7, 11) is 0. The minimum absolute atomic E-state index is 0.0285. The van der Waals surface area contributed by atoms with Gasteiger partial charge in [-0.05, 0) is 49.1 Å². The second-order valence-corrected chi connectivity index (χ2v) is 8.71. The zero-order chi connectivity index (χ0) is 24.1. The first-order valence-electron chi connectivity index (χ1n) is 10.3. The molecule has 2 unspecified atom stereocenters. The molecule has 1 aliphatic rings. The number of nitrogens with one attached hydrogen (secondary N) is 2. The minimum atomic E-state index is -1.19. The Morgan fingerprint density at radius 3 is 2.09 bits per heavy atom. The molecular weight excluding hydrogens is 471 g/mol. The Morgan fingerprint density at radius 2 is 1.55 bits per heavy atom. The van der Waals surface area contributed by atoms with Gasteiger partial charge in [-0.2, -0.15) is 0 Å². The average Bonchev–Trinajstić information content (AvgIpc) is 3.25. The lowest BCUT2D eigenvalue weighted by Crippen LogP contribution is -2.44. The summed E-state index contributed by atoms with van der Waals surface area (Å²) in [6, 6.07) is 10.1. The molecule has 10 heteroatoms. The summed E-state index contributed by atoms with van der Waals surface area (Å²) in [6.07, 6.45) is 1.05. The number of carboxylic acids is 2. The topological polar surface area (TPSA) is 133 Å². The second-order valence-electron chi connectivity index (χ2n) is 7.90. The number of halogens is 2. The normalized spacial score (nSPS) is 18.4. The van der Waals surface area contributed by atoms with Gasteiger partial charge in [-0.3, -0.25) is 14.4 Å². The number of rotatable bonds is 8. The highest BCUT2D eigenvalue weighted by molar-refractivity contribution is 6.40. The predicted octanol–water partition coefficient (Wildman–Crippen LogP) is 3.86. The van der Waals surface area contributed by atoms with E-state index in [1.807, 2.05) is 0 Å². The van der Waals surface area contributed by atoms with E-state index in [2.05, 4.69) is 10.6 Å². The van der Waals surface area contributed by atoms with E-state index in [1.54, 1.807) is 42.5 Å². The van der Waals surface area contributed by atoms with E-state index in [9.17, 15) is 24.3 Å². The van der Waals surface area contributed by atoms with Crippen LogP contribution in [0.5, 0.6) is 0 Å². The Balaban J connectivity index is 1.61. The first-order chi connectivity index (χ1) is 15.7. The fraction of sp³-hybridized carbons (Fsp3) is 0.304. The summed E-state index contributed by atoms with van der Waals surface area (Å²) in [4.78, 5) is 47.7. The van der Waals surface area contributed by atoms with Gasteiger partial charge in [0, 0.05) is 18.0 Å². The third kappa shape index (κ3) is 6.24. The smallest absolute Gasteiger partial charge is 0.326 e. The maximum absolute atomic E-state index is 12.5. The van der Waals surface area contributed by atoms with Crippen LogP contribution in [0.15, 0.2) is 42.5 Å². The lowest BCUT2D eigenvalue weighted by molar-refractivity contribution is -0.143. The molecule has 0 saturated heterocycles. The van der Waals surface area contributed by atoms with Crippen LogP contribution >= 0.6 is 23.2 Å². The molecule has 1 aliphatic carbocycles. The van der Waals surface area contributed by atoms with Gasteiger partial charge >= 0.3 is 11.9 Å². The van der Waals surface area contributed by atoms with Crippen LogP contribution in [0.2, 0.25) is 10.0 Å². The molecule has 33 heavy (non-hydrogen) atoms. The first kappa shape index (κ1) is 24.5. The number of hydrogen-bond donors (Lipinski definition) is 4. The SMILES string of the molecule is O=C(Nc1ccc(C[C@H](NC(=O)C2CCC(C(=O)O)C2)C(=O)O)cc1)c1c(Cl)cccc1Cl. The molecule has 0 heterocycles. The first-order valence-corrected chi connectivity index (χ1v) is 11.0. The van der Waals surface area contributed by atoms with E-state index in [0.717, 1.165) is 0 Å². The predicted molar refractivity (Wildman–Crippen MR) is 123 cm³/mol. The van der Waals surface area contributed by atoms with Gasteiger partial charge in [0.15, 0.2) is 0 Å². The van der Waals surface area contributed by atoms with Gasteiger partial charge in [0.2, 0.25) is 5.91 Å². The molecule has 8 nitrogen and oxygen atoms in total. The molecule has 1 fully saturated rings. The van der Waals surface area contributed by atoms with Crippen molar-refractivity contribution in [2.45, 2.75) is 31.7 Å². The van der Waals surface area contributed by atoms with Crippen molar-refractivity contribution in [3.63, 3.8) is 0 Å². The Labute approximate surface area is 199 Å². The third-order valence-corrected chi connectivity index (χ3v) is 6.24. The maximum Gasteiger partial charge on any atom is 0.326 e. The van der Waals surface area contributed by atoms with Crippen LogP contribution < -0.4 is 10.6 Å². The molecule has 0 aromatic heterocycles. The second kappa shape index (κ2) is 10.7. The third-order valence-electron chi connectivity index (χ3n) is 5.61. The van der Waals surface area contributed by atoms with Crippen molar-refractivity contribution >= 4 is 52.6 Å². The van der Waals surface area contributed by atoms with Gasteiger partial charge in [-0.25, -0.2) is 4.79 Å². The van der Waals surface area contributed by atoms with Crippen LogP contribution in [-0.4, -0.2) is 40.0 Å². The quantitative estimate of drug-likeness (QED) is 0.442. The van der Waals surface area contributed by atoms with Crippen LogP contribution in [0.1, 0.15) is 35.2 Å². The molecule has 1 saturated carbocycles. The van der Waals surface area contributed by atoms with Crippen LogP contribution in [-0.2, 0) is 20.8 Å². The lowest BCUT2D eigenvalue weighted by Gasteiger charge is -2.18. The van der Waals surface area contributed by atoms with Crippen molar-refractivity contribution in [1.82, 2.24) is 5.32 Å². The highest BCUT2D eigenvalue weighted by atomic mass is 35.5. The van der Waals surface area contributed by atoms with E-state index in [4.69, 9.17) is 28.3 Å². The summed E-state index contributed by atoms with van der Waals surface area (Å²) >= 11 is 12.1. The van der Waals surface area contributed by atoms with Gasteiger partial charge < -0.3 is 20.8 Å². The zero-order valence-corrected chi connectivity index (χ0v) is 18.9. The van der Waals surface area contributed by atoms with Gasteiger partial charge in [-0.15, -0.1) is 0 Å². The molecule has 2 amide bonds. The van der Waals surface area contributed by atoms with E-state index >= 15 is 0 Å². The molecule has 2 aromatic rings. The number of carboxylic acid groups (broad SMARTS) is 2. The molecule has 3 rings (SSSR count). The van der Waals surface area contributed by atoms with Crippen LogP contribution in [0, 0.1) is 11.8 Å². The van der Waals surface area contributed by atoms with Gasteiger partial charge in [-0.1, -0.05) is 41.4 Å². The van der Waals surface area contributed by atoms with E-state index < -0.39 is 41.6 Å². The van der Waals surface area contributed by atoms with Crippen molar-refractivity contribution in [2.75, 3.05) is 5.32 Å². The number of hydrogen-bond acceptors (Lipinski definition) is 4. The van der Waals surface area contributed by atoms with Crippen LogP contribution in [0.3, 0.4) is 0 Å². The number of benzene rings is 2. The van der Waals surface area contributed by atoms with E-state index in [1.165, 1.54) is 0 Å². The molecular formula is C23H22Cl2N2O6. The maximum atomic E-state index is 12.5. The fourth-order valence-electron chi connectivity index (χ4n) is 3.80. The summed E-state index contributed by atoms with van der Waals surface area (Å²) in [6.45, 7) is 0. The standard InChI is InChI=1S/C23H22Cl2N2O6/c24-16-2-1-3-17(25)19(16)21(29)26-15-8-4-12(5-9-15)10-18(23(32)33)27-20(28)13-6-7-14(11-13)22(30)31/h1-5,8-9,13-14,18H,6-7,10-11H2,(H,26,29)(H,27,28)(H,30,31)(H,32,33)/t13?,14?,18-/m0/s1. The highest BCUT2D eigenvalue weighted by Gasteiger charge is 2.35. The highest BCUT2D eigenvalue weighted by Crippen LogP contribution is 2.31. The van der Waals surface area contributed by atoms with E-state index in [-0.39, 0.29) is 28.5 Å². The summed E-state index contributed by atoms with van der Waals surface area (Å²) in [5, 5.41) is 24.2. The van der Waals surface area contributed by atoms with Gasteiger partial charge in [0.25, 0.3) is 5.91 Å². The molecule has 0 radical (unpaired) electrons. The number of anilines is 1. The largest absolute Gasteiger partial charge is 0.481 e. The average molecular weight is 493 g/mol. The molecule has 174 valence electrons. The molecule has 3 atom stereocenters. The Hall–Kier alpha value is -3.10. The molecule has 2 aromatic carbocycles. The molecule has 0 aliphatic heterocycles. The molecule has 4 N–H and O–H groups in total. The van der Waals surface area contributed by atoms with Gasteiger partial charge in [0.05, 0.1) is 21.5 Å². The van der Waals surface area contributed by atoms with Crippen molar-refractivity contribution in [3.05, 3.63) is 63.6 Å². The van der Waals surface area contributed by atoms with Crippen molar-refractivity contribution in [1.29, 1.82) is 0 Å². The fourth-order valence-corrected chi connectivity index (χ4v) is 4.37. The zero-order valence-electron chi connectivity index (χ0n) is 17.4. The van der Waals surface area contributed by atoms with Crippen LogP contribution in [0.4, 0.5) is 5.69 Å². The molecule has 0 spiro atoms. The van der Waals surface area contributed by atoms with Crippen molar-refractivity contribution < 1.29 is 29.4 Å². The summed E-state index contributed by atoms with van der Waals surface area (Å²) in [5.41, 5.74) is 1.24. The van der Waals surface area contributed by atoms with Crippen molar-refractivity contribution in [3.8, 4) is 0 Å². The summed E-state index contributed by atoms with van der Waals surface area (Å²) in [5.74, 6) is -4.16. The number of carbonyl (C=O) groups excluding carboxylic acids is 2. The Morgan fingerprint density at radius 1 is 0.939 bits per heavy atom. The van der Waals surface area contributed by atoms with Gasteiger partial charge in [0.1, 0.15) is 6.04 Å². The van der Waals surface area contributed by atoms with Crippen molar-refractivity contribution in [2.24, 2.45) is 11.8 Å². The number of aliphatic carboxylic acids is 2. The Bertz CT molecular complexity index is 1050. The van der Waals surface area contributed by atoms with E-state index in [0.29, 0.717) is 24.1 Å². The summed E-state index contributed by atoms with van der Waals surface area (Å²) < 4.78 is 0. The van der Waals surface area contributed by atoms with Crippen LogP contribution in [0.25, 0.3) is 0 Å². The number of amides is 2. The lowest BCUT2D eigenvalue weighted by atomic mass is 10.0. The molecule has 0 bridgehead atoms. The monoisotopic (exact) mass is 492 g/mol.